The maximum atomic E-state index is 14.4. The Hall–Kier alpha value is -4.57. The summed E-state index contributed by atoms with van der Waals surface area (Å²) in [5.74, 6) is -3.59. The van der Waals surface area contributed by atoms with Gasteiger partial charge in [0.05, 0.1) is 46.8 Å². The number of carbonyl (C=O) groups is 1. The summed E-state index contributed by atoms with van der Waals surface area (Å²) in [5.41, 5.74) is -9.80. The van der Waals surface area contributed by atoms with Gasteiger partial charge in [-0.15, -0.1) is 0 Å². The van der Waals surface area contributed by atoms with Crippen LogP contribution in [-0.2, 0) is 102 Å². The molecule has 70 heavy (non-hydrogen) atoms. The van der Waals surface area contributed by atoms with Gasteiger partial charge in [-0.1, -0.05) is 121 Å². The van der Waals surface area contributed by atoms with E-state index in [0.29, 0.717) is 22.3 Å². The van der Waals surface area contributed by atoms with Crippen molar-refractivity contribution in [2.45, 2.75) is 112 Å². The van der Waals surface area contributed by atoms with Gasteiger partial charge in [0, 0.05) is 0 Å². The average molecular weight is 1040 g/mol. The van der Waals surface area contributed by atoms with Crippen molar-refractivity contribution < 1.29 is 99.0 Å². The van der Waals surface area contributed by atoms with Crippen molar-refractivity contribution in [2.75, 3.05) is 20.3 Å². The molecule has 0 spiro atoms. The second kappa shape index (κ2) is 23.8. The Balaban J connectivity index is 1.47. The van der Waals surface area contributed by atoms with Crippen LogP contribution in [0.5, 0.6) is 0 Å². The Morgan fingerprint density at radius 2 is 1.06 bits per heavy atom. The van der Waals surface area contributed by atoms with Crippen molar-refractivity contribution in [3.8, 4) is 0 Å². The van der Waals surface area contributed by atoms with Crippen molar-refractivity contribution in [1.82, 2.24) is 0 Å². The third kappa shape index (κ3) is 14.8. The molecule has 6 rings (SSSR count). The van der Waals surface area contributed by atoms with Crippen molar-refractivity contribution in [3.63, 3.8) is 0 Å². The lowest BCUT2D eigenvalue weighted by molar-refractivity contribution is -0.331. The molecule has 0 amide bonds. The average Bonchev–Trinajstić information content (AvgIpc) is 3.64. The molecule has 0 radical (unpaired) electrons. The van der Waals surface area contributed by atoms with Crippen LogP contribution in [0.15, 0.2) is 121 Å². The fourth-order valence-electron chi connectivity index (χ4n) is 7.34. The number of rotatable bonds is 23. The van der Waals surface area contributed by atoms with Crippen molar-refractivity contribution in [2.24, 2.45) is 0 Å². The molecule has 16 nitrogen and oxygen atoms in total. The van der Waals surface area contributed by atoms with Gasteiger partial charge in [0.15, 0.2) is 18.2 Å². The van der Waals surface area contributed by atoms with Crippen LogP contribution in [-0.4, -0.2) is 115 Å². The fraction of sp³-hybridized carbons (Fsp3) is 0.457. The normalized spacial score (nSPS) is 23.9. The molecule has 9 atom stereocenters. The Morgan fingerprint density at radius 3 is 1.53 bits per heavy atom. The Labute approximate surface area is 400 Å². The molecule has 4 aromatic carbocycles. The van der Waals surface area contributed by atoms with Gasteiger partial charge < -0.3 is 42.6 Å². The first kappa shape index (κ1) is 54.8. The van der Waals surface area contributed by atoms with Gasteiger partial charge in [-0.2, -0.15) is 43.2 Å². The van der Waals surface area contributed by atoms with E-state index in [1.807, 2.05) is 0 Å². The zero-order valence-electron chi connectivity index (χ0n) is 37.6. The lowest BCUT2D eigenvalue weighted by Crippen LogP contribution is -2.64. The van der Waals surface area contributed by atoms with Gasteiger partial charge in [-0.3, -0.25) is 4.18 Å². The molecule has 0 N–H and O–H groups in total. The van der Waals surface area contributed by atoms with Crippen LogP contribution in [0.1, 0.15) is 36.1 Å². The smallest absolute Gasteiger partial charge is 0.467 e. The van der Waals surface area contributed by atoms with Gasteiger partial charge in [0.1, 0.15) is 36.6 Å². The number of esters is 1. The summed E-state index contributed by atoms with van der Waals surface area (Å²) >= 11 is 0. The highest BCUT2D eigenvalue weighted by molar-refractivity contribution is 7.87. The minimum absolute atomic E-state index is 0.0364. The van der Waals surface area contributed by atoms with Crippen LogP contribution < -0.4 is 0 Å². The number of hydrogen-bond donors (Lipinski definition) is 0. The standard InChI is InChI=1S/C46H50F6O16S2/c1-44(2)65-37(39(66-44)40(42(53)58-3)67-69(54,55)45(47,48)49)35(29-60-25-31-18-10-5-11-19-31)64-43-41(68-70(56,57)46(50,51)52)38(62-27-33-22-14-7-15-23-33)36(61-26-32-20-12-6-13-21-32)34(63-43)28-59-24-30-16-8-4-9-17-30/h4-23,34-41,43H,24-29H2,1-3H3/t34-,35-,36-,37-,38+,39+,40+,41-,43+/m1/s1. The summed E-state index contributed by atoms with van der Waals surface area (Å²) in [6.07, 6.45) is -18.4. The lowest BCUT2D eigenvalue weighted by atomic mass is 9.97. The van der Waals surface area contributed by atoms with E-state index in [2.05, 4.69) is 8.92 Å². The molecule has 4 aromatic rings. The molecule has 0 saturated carbocycles. The van der Waals surface area contributed by atoms with E-state index in [0.717, 1.165) is 7.11 Å². The van der Waals surface area contributed by atoms with E-state index in [4.69, 9.17) is 42.1 Å². The molecule has 0 unspecified atom stereocenters. The third-order valence-corrected chi connectivity index (χ3v) is 12.6. The van der Waals surface area contributed by atoms with Crippen LogP contribution in [0.3, 0.4) is 0 Å². The largest absolute Gasteiger partial charge is 0.523 e. The monoisotopic (exact) mass is 1040 g/mol. The summed E-state index contributed by atoms with van der Waals surface area (Å²) in [6, 6.07) is 33.8. The molecule has 2 aliphatic rings. The van der Waals surface area contributed by atoms with Crippen LogP contribution >= 0.6 is 0 Å². The quantitative estimate of drug-likeness (QED) is 0.0324. The first-order valence-electron chi connectivity index (χ1n) is 21.4. The number of hydrogen-bond acceptors (Lipinski definition) is 16. The highest BCUT2D eigenvalue weighted by Gasteiger charge is 2.60. The number of carbonyl (C=O) groups excluding carboxylic acids is 1. The molecule has 384 valence electrons. The van der Waals surface area contributed by atoms with Crippen LogP contribution in [0.4, 0.5) is 26.3 Å². The van der Waals surface area contributed by atoms with Gasteiger partial charge >= 0.3 is 37.2 Å². The number of alkyl halides is 6. The van der Waals surface area contributed by atoms with Crippen molar-refractivity contribution in [1.29, 1.82) is 0 Å². The molecular formula is C46H50F6O16S2. The van der Waals surface area contributed by atoms with E-state index in [1.165, 1.54) is 13.8 Å². The summed E-state index contributed by atoms with van der Waals surface area (Å²) in [5, 5.41) is 0. The minimum Gasteiger partial charge on any atom is -0.467 e. The van der Waals surface area contributed by atoms with E-state index < -0.39 is 111 Å². The Morgan fingerprint density at radius 1 is 0.614 bits per heavy atom. The molecule has 0 aliphatic carbocycles. The van der Waals surface area contributed by atoms with Crippen LogP contribution in [0.25, 0.3) is 0 Å². The third-order valence-electron chi connectivity index (χ3n) is 10.6. The zero-order valence-corrected chi connectivity index (χ0v) is 39.2. The number of methoxy groups -OCH3 is 1. The van der Waals surface area contributed by atoms with Crippen LogP contribution in [0.2, 0.25) is 0 Å². The number of halogens is 6. The minimum atomic E-state index is -6.58. The summed E-state index contributed by atoms with van der Waals surface area (Å²) < 4.78 is 199. The van der Waals surface area contributed by atoms with Crippen molar-refractivity contribution in [3.05, 3.63) is 144 Å². The second-order valence-corrected chi connectivity index (χ2v) is 19.3. The summed E-state index contributed by atoms with van der Waals surface area (Å²) in [7, 11) is -12.4. The molecule has 2 heterocycles. The van der Waals surface area contributed by atoms with E-state index in [1.54, 1.807) is 121 Å². The number of ether oxygens (including phenoxy) is 9. The SMILES string of the molecule is COC(=O)[C@@H](OS(=O)(=O)C(F)(F)F)[C@H]1OC(C)(C)O[C@@H]1[C@@H](COCc1ccccc1)O[C@@H]1O[C@H](COCc2ccccc2)[C@@H](OCc2ccccc2)[C@H](OCc2ccccc2)[C@H]1OS(=O)(=O)C(F)(F)F. The molecule has 2 saturated heterocycles. The zero-order chi connectivity index (χ0) is 50.7. The van der Waals surface area contributed by atoms with Crippen molar-refractivity contribution >= 4 is 26.2 Å². The molecule has 24 heteroatoms. The molecule has 0 bridgehead atoms. The highest BCUT2D eigenvalue weighted by Crippen LogP contribution is 2.40. The first-order valence-corrected chi connectivity index (χ1v) is 24.2. The summed E-state index contributed by atoms with van der Waals surface area (Å²) in [6.45, 7) is 0.444. The van der Waals surface area contributed by atoms with Gasteiger partial charge in [-0.25, -0.2) is 8.98 Å². The molecular weight excluding hydrogens is 987 g/mol. The lowest BCUT2D eigenvalue weighted by Gasteiger charge is -2.46. The van der Waals surface area contributed by atoms with Crippen LogP contribution in [0, 0.1) is 0 Å². The van der Waals surface area contributed by atoms with Gasteiger partial charge in [0.2, 0.25) is 6.10 Å². The highest BCUT2D eigenvalue weighted by atomic mass is 32.2. The maximum Gasteiger partial charge on any atom is 0.523 e. The topological polar surface area (TPSA) is 187 Å². The Kier molecular flexibility index (Phi) is 18.6. The molecule has 0 aromatic heterocycles. The van der Waals surface area contributed by atoms with E-state index >= 15 is 0 Å². The summed E-state index contributed by atoms with van der Waals surface area (Å²) in [4.78, 5) is 13.2. The fourth-order valence-corrected chi connectivity index (χ4v) is 8.51. The van der Waals surface area contributed by atoms with Gasteiger partial charge in [0.25, 0.3) is 0 Å². The van der Waals surface area contributed by atoms with E-state index in [9.17, 15) is 48.0 Å². The number of benzene rings is 4. The molecule has 2 aliphatic heterocycles. The molecule has 2 fully saturated rings. The maximum absolute atomic E-state index is 14.4. The predicted molar refractivity (Wildman–Crippen MR) is 231 cm³/mol. The predicted octanol–water partition coefficient (Wildman–Crippen LogP) is 6.86. The Bertz CT molecular complexity index is 2470. The van der Waals surface area contributed by atoms with Gasteiger partial charge in [-0.05, 0) is 36.1 Å². The second-order valence-electron chi connectivity index (χ2n) is 16.2. The first-order chi connectivity index (χ1) is 33.1. The van der Waals surface area contributed by atoms with E-state index in [-0.39, 0.29) is 26.4 Å².